The minimum absolute atomic E-state index is 0.00777. The fourth-order valence-electron chi connectivity index (χ4n) is 4.74. The largest absolute Gasteiger partial charge is 0.490 e. The molecule has 1 aliphatic carbocycles. The molecule has 224 valence electrons. The summed E-state index contributed by atoms with van der Waals surface area (Å²) in [5.41, 5.74) is 3.75. The fourth-order valence-corrected chi connectivity index (χ4v) is 4.74. The van der Waals surface area contributed by atoms with Crippen molar-refractivity contribution in [2.75, 3.05) is 26.4 Å². The number of carbonyl (C=O) groups is 3. The lowest BCUT2D eigenvalue weighted by Crippen LogP contribution is -2.18. The van der Waals surface area contributed by atoms with E-state index in [1.807, 2.05) is 24.3 Å². The van der Waals surface area contributed by atoms with Gasteiger partial charge in [-0.3, -0.25) is 0 Å². The van der Waals surface area contributed by atoms with E-state index in [1.165, 1.54) is 0 Å². The first-order valence-electron chi connectivity index (χ1n) is 14.1. The Bertz CT molecular complexity index is 1300. The van der Waals surface area contributed by atoms with E-state index in [1.54, 1.807) is 26.0 Å². The normalized spacial score (nSPS) is 16.2. The van der Waals surface area contributed by atoms with Crippen molar-refractivity contribution in [3.05, 3.63) is 84.5 Å². The molecule has 3 rings (SSSR count). The van der Waals surface area contributed by atoms with Gasteiger partial charge in [-0.15, -0.1) is 0 Å². The summed E-state index contributed by atoms with van der Waals surface area (Å²) < 4.78 is 21.8. The Balaban J connectivity index is 1.71. The van der Waals surface area contributed by atoms with Crippen LogP contribution in [0.4, 0.5) is 0 Å². The molecule has 0 unspecified atom stereocenters. The van der Waals surface area contributed by atoms with Crippen LogP contribution in [0.3, 0.4) is 0 Å². The Morgan fingerprint density at radius 2 is 1.40 bits per heavy atom. The van der Waals surface area contributed by atoms with E-state index in [4.69, 9.17) is 24.1 Å². The summed E-state index contributed by atoms with van der Waals surface area (Å²) in [5, 5.41) is 9.05. The average Bonchev–Trinajstić information content (AvgIpc) is 2.99. The van der Waals surface area contributed by atoms with Crippen LogP contribution in [0, 0.1) is 5.92 Å². The standard InChI is InChI=1S/C34H40O8/c1-22(2)32(36)40-17-16-25-6-8-27(9-7-25)30-20-28(26-10-13-29(14-11-26)42-33(37)23(3)4)12-15-31(30)39-18-19-41-34(38)24(5)21-35/h10-15,20,25,27,35H,1,3,5-9,16-19,21H2,2,4H3. The molecule has 0 spiro atoms. The Morgan fingerprint density at radius 1 is 0.786 bits per heavy atom. The number of benzene rings is 2. The molecule has 1 N–H and O–H groups in total. The molecule has 0 atom stereocenters. The second kappa shape index (κ2) is 15.7. The van der Waals surface area contributed by atoms with Gasteiger partial charge in [0.15, 0.2) is 0 Å². The van der Waals surface area contributed by atoms with Crippen molar-refractivity contribution in [1.29, 1.82) is 0 Å². The van der Waals surface area contributed by atoms with E-state index >= 15 is 0 Å². The van der Waals surface area contributed by atoms with E-state index in [-0.39, 0.29) is 30.7 Å². The average molecular weight is 577 g/mol. The lowest BCUT2D eigenvalue weighted by Gasteiger charge is -2.30. The Kier molecular flexibility index (Phi) is 12.1. The second-order valence-electron chi connectivity index (χ2n) is 10.6. The lowest BCUT2D eigenvalue weighted by atomic mass is 9.77. The van der Waals surface area contributed by atoms with E-state index in [9.17, 15) is 14.4 Å². The number of aliphatic hydroxyl groups is 1. The van der Waals surface area contributed by atoms with E-state index in [0.29, 0.717) is 29.4 Å². The molecule has 0 radical (unpaired) electrons. The van der Waals surface area contributed by atoms with Gasteiger partial charge in [0, 0.05) is 11.1 Å². The number of carbonyl (C=O) groups excluding carboxylic acids is 3. The molecule has 2 aromatic rings. The number of ether oxygens (including phenoxy) is 4. The smallest absolute Gasteiger partial charge is 0.338 e. The molecule has 0 heterocycles. The summed E-state index contributed by atoms with van der Waals surface area (Å²) in [6.45, 7) is 14.1. The van der Waals surface area contributed by atoms with Crippen LogP contribution in [0.15, 0.2) is 78.9 Å². The van der Waals surface area contributed by atoms with Gasteiger partial charge in [0.05, 0.1) is 18.8 Å². The predicted octanol–water partition coefficient (Wildman–Crippen LogP) is 6.09. The summed E-state index contributed by atoms with van der Waals surface area (Å²) in [6.07, 6.45) is 4.74. The maximum absolute atomic E-state index is 11.9. The molecule has 0 aliphatic heterocycles. The molecule has 0 aromatic heterocycles. The highest BCUT2D eigenvalue weighted by molar-refractivity contribution is 5.89. The van der Waals surface area contributed by atoms with Crippen LogP contribution in [0.5, 0.6) is 11.5 Å². The molecule has 0 bridgehead atoms. The zero-order valence-electron chi connectivity index (χ0n) is 24.5. The van der Waals surface area contributed by atoms with Gasteiger partial charge < -0.3 is 24.1 Å². The summed E-state index contributed by atoms with van der Waals surface area (Å²) in [4.78, 5) is 35.3. The molecule has 1 saturated carbocycles. The number of esters is 3. The summed E-state index contributed by atoms with van der Waals surface area (Å²) in [6, 6.07) is 13.3. The van der Waals surface area contributed by atoms with Crippen molar-refractivity contribution in [3.8, 4) is 22.6 Å². The van der Waals surface area contributed by atoms with E-state index in [2.05, 4.69) is 25.8 Å². The Hall–Kier alpha value is -4.17. The molecule has 1 aliphatic rings. The first-order chi connectivity index (χ1) is 20.1. The summed E-state index contributed by atoms with van der Waals surface area (Å²) in [7, 11) is 0. The van der Waals surface area contributed by atoms with Crippen molar-refractivity contribution in [2.45, 2.75) is 51.9 Å². The van der Waals surface area contributed by atoms with Crippen molar-refractivity contribution in [2.24, 2.45) is 5.92 Å². The highest BCUT2D eigenvalue weighted by Gasteiger charge is 2.25. The first-order valence-corrected chi connectivity index (χ1v) is 14.1. The molecule has 0 saturated heterocycles. The Labute approximate surface area is 247 Å². The molecule has 42 heavy (non-hydrogen) atoms. The van der Waals surface area contributed by atoms with Crippen LogP contribution in [-0.4, -0.2) is 49.4 Å². The summed E-state index contributed by atoms with van der Waals surface area (Å²) >= 11 is 0. The monoisotopic (exact) mass is 576 g/mol. The van der Waals surface area contributed by atoms with Crippen LogP contribution in [0.2, 0.25) is 0 Å². The minimum atomic E-state index is -0.652. The first kappa shape index (κ1) is 32.3. The zero-order valence-corrected chi connectivity index (χ0v) is 24.5. The van der Waals surface area contributed by atoms with Gasteiger partial charge in [0.1, 0.15) is 24.7 Å². The minimum Gasteiger partial charge on any atom is -0.490 e. The highest BCUT2D eigenvalue weighted by atomic mass is 16.6. The quantitative estimate of drug-likeness (QED) is 0.125. The SMILES string of the molecule is C=C(C)C(=O)OCCC1CCC(c2cc(-c3ccc(OC(=O)C(=C)C)cc3)ccc2OCCOC(=O)C(=C)CO)CC1. The molecular weight excluding hydrogens is 536 g/mol. The molecular formula is C34H40O8. The third kappa shape index (κ3) is 9.45. The number of hydrogen-bond acceptors (Lipinski definition) is 8. The molecule has 0 amide bonds. The third-order valence-corrected chi connectivity index (χ3v) is 7.20. The van der Waals surface area contributed by atoms with Gasteiger partial charge in [-0.05, 0) is 98.7 Å². The van der Waals surface area contributed by atoms with E-state index in [0.717, 1.165) is 54.5 Å². The van der Waals surface area contributed by atoms with Gasteiger partial charge in [0.25, 0.3) is 0 Å². The Morgan fingerprint density at radius 3 is 2.02 bits per heavy atom. The van der Waals surface area contributed by atoms with Crippen LogP contribution < -0.4 is 9.47 Å². The van der Waals surface area contributed by atoms with Gasteiger partial charge in [0.2, 0.25) is 0 Å². The van der Waals surface area contributed by atoms with Gasteiger partial charge in [-0.2, -0.15) is 0 Å². The predicted molar refractivity (Wildman–Crippen MR) is 160 cm³/mol. The van der Waals surface area contributed by atoms with Gasteiger partial charge in [-0.1, -0.05) is 37.9 Å². The fraction of sp³-hybridized carbons (Fsp3) is 0.382. The number of aliphatic hydroxyl groups excluding tert-OH is 1. The lowest BCUT2D eigenvalue weighted by molar-refractivity contribution is -0.140. The molecule has 8 heteroatoms. The maximum Gasteiger partial charge on any atom is 0.338 e. The topological polar surface area (TPSA) is 108 Å². The van der Waals surface area contributed by atoms with Gasteiger partial charge in [-0.25, -0.2) is 14.4 Å². The van der Waals surface area contributed by atoms with Gasteiger partial charge >= 0.3 is 17.9 Å². The maximum atomic E-state index is 11.9. The van der Waals surface area contributed by atoms with Crippen LogP contribution >= 0.6 is 0 Å². The van der Waals surface area contributed by atoms with Crippen molar-refractivity contribution in [1.82, 2.24) is 0 Å². The van der Waals surface area contributed by atoms with Crippen molar-refractivity contribution in [3.63, 3.8) is 0 Å². The van der Waals surface area contributed by atoms with Crippen LogP contribution in [0.1, 0.15) is 57.4 Å². The zero-order chi connectivity index (χ0) is 30.6. The number of hydrogen-bond donors (Lipinski definition) is 1. The van der Waals surface area contributed by atoms with Crippen molar-refractivity contribution >= 4 is 17.9 Å². The van der Waals surface area contributed by atoms with Crippen molar-refractivity contribution < 1.29 is 38.4 Å². The second-order valence-corrected chi connectivity index (χ2v) is 10.6. The number of rotatable bonds is 14. The van der Waals surface area contributed by atoms with E-state index < -0.39 is 18.5 Å². The molecule has 8 nitrogen and oxygen atoms in total. The van der Waals surface area contributed by atoms with Crippen LogP contribution in [0.25, 0.3) is 11.1 Å². The third-order valence-electron chi connectivity index (χ3n) is 7.20. The molecule has 2 aromatic carbocycles. The molecule has 1 fully saturated rings. The highest BCUT2D eigenvalue weighted by Crippen LogP contribution is 2.42. The van der Waals surface area contributed by atoms with Crippen LogP contribution in [-0.2, 0) is 23.9 Å². The summed E-state index contributed by atoms with van der Waals surface area (Å²) in [5.74, 6) is 0.431.